The van der Waals surface area contributed by atoms with Gasteiger partial charge >= 0.3 is 0 Å². The molecule has 1 aromatic carbocycles. The highest BCUT2D eigenvalue weighted by Gasteiger charge is 2.12. The molecule has 2 N–H and O–H groups in total. The molecule has 0 aliphatic heterocycles. The van der Waals surface area contributed by atoms with Crippen LogP contribution in [-0.2, 0) is 13.5 Å². The summed E-state index contributed by atoms with van der Waals surface area (Å²) in [5, 5.41) is 11.4. The maximum Gasteiger partial charge on any atom is 0.181 e. The number of nitrogens with two attached hydrogens (primary N) is 1. The molecule has 0 radical (unpaired) electrons. The largest absolute Gasteiger partial charge is 0.325 e. The minimum atomic E-state index is -0.187. The number of aryl methyl sites for hydroxylation is 1. The van der Waals surface area contributed by atoms with Crippen molar-refractivity contribution in [3.05, 3.63) is 29.8 Å². The van der Waals surface area contributed by atoms with Crippen LogP contribution in [0.25, 0.3) is 11.4 Å². The number of benzene rings is 1. The zero-order valence-corrected chi connectivity index (χ0v) is 10.4. The van der Waals surface area contributed by atoms with Gasteiger partial charge < -0.3 is 5.73 Å². The Kier molecular flexibility index (Phi) is 2.93. The van der Waals surface area contributed by atoms with Crippen LogP contribution in [0.1, 0.15) is 19.4 Å². The minimum absolute atomic E-state index is 0.187. The van der Waals surface area contributed by atoms with Crippen molar-refractivity contribution in [1.29, 1.82) is 0 Å². The molecular weight excluding hydrogens is 214 g/mol. The predicted octanol–water partition coefficient (Wildman–Crippen LogP) is 1.16. The first-order chi connectivity index (χ1) is 7.96. The normalized spacial score (nSPS) is 11.8. The fraction of sp³-hybridized carbons (Fsp3) is 0.417. The second kappa shape index (κ2) is 4.25. The van der Waals surface area contributed by atoms with E-state index in [2.05, 4.69) is 27.7 Å². The summed E-state index contributed by atoms with van der Waals surface area (Å²) in [4.78, 5) is 0. The number of tetrazole rings is 1. The number of aromatic nitrogens is 4. The zero-order valence-electron chi connectivity index (χ0n) is 10.4. The molecular formula is C12H17N5. The van der Waals surface area contributed by atoms with Gasteiger partial charge in [0.25, 0.3) is 0 Å². The molecule has 0 aliphatic rings. The van der Waals surface area contributed by atoms with Crippen LogP contribution in [0.5, 0.6) is 0 Å². The third kappa shape index (κ3) is 2.88. The highest BCUT2D eigenvalue weighted by Crippen LogP contribution is 2.17. The molecule has 0 bridgehead atoms. The standard InChI is InChI=1S/C12H17N5/c1-12(2,13)8-9-4-6-10(7-5-9)11-14-15-16-17(11)3/h4-7H,8,13H2,1-3H3. The van der Waals surface area contributed by atoms with E-state index >= 15 is 0 Å². The number of rotatable bonds is 3. The van der Waals surface area contributed by atoms with Gasteiger partial charge in [-0.2, -0.15) is 0 Å². The molecule has 90 valence electrons. The Morgan fingerprint density at radius 2 is 1.88 bits per heavy atom. The maximum absolute atomic E-state index is 5.99. The Hall–Kier alpha value is -1.75. The van der Waals surface area contributed by atoms with Crippen LogP contribution >= 0.6 is 0 Å². The van der Waals surface area contributed by atoms with Gasteiger partial charge in [-0.3, -0.25) is 0 Å². The summed E-state index contributed by atoms with van der Waals surface area (Å²) < 4.78 is 1.65. The van der Waals surface area contributed by atoms with Crippen molar-refractivity contribution in [1.82, 2.24) is 20.2 Å². The fourth-order valence-corrected chi connectivity index (χ4v) is 1.77. The van der Waals surface area contributed by atoms with E-state index in [1.54, 1.807) is 4.68 Å². The first-order valence-electron chi connectivity index (χ1n) is 5.56. The molecule has 1 aromatic heterocycles. The lowest BCUT2D eigenvalue weighted by Gasteiger charge is -2.18. The molecule has 0 saturated carbocycles. The molecule has 2 rings (SSSR count). The van der Waals surface area contributed by atoms with Crippen LogP contribution in [0.15, 0.2) is 24.3 Å². The van der Waals surface area contributed by atoms with Gasteiger partial charge in [0.1, 0.15) is 0 Å². The highest BCUT2D eigenvalue weighted by molar-refractivity contribution is 5.54. The predicted molar refractivity (Wildman–Crippen MR) is 66.2 cm³/mol. The summed E-state index contributed by atoms with van der Waals surface area (Å²) >= 11 is 0. The van der Waals surface area contributed by atoms with E-state index in [0.29, 0.717) is 0 Å². The first-order valence-corrected chi connectivity index (χ1v) is 5.56. The highest BCUT2D eigenvalue weighted by atomic mass is 15.5. The number of nitrogens with zero attached hydrogens (tertiary/aromatic N) is 4. The van der Waals surface area contributed by atoms with Crippen molar-refractivity contribution in [3.8, 4) is 11.4 Å². The third-order valence-electron chi connectivity index (χ3n) is 2.49. The Balaban J connectivity index is 2.22. The first kappa shape index (κ1) is 11.7. The van der Waals surface area contributed by atoms with E-state index in [-0.39, 0.29) is 5.54 Å². The topological polar surface area (TPSA) is 69.6 Å². The average Bonchev–Trinajstić information content (AvgIpc) is 2.63. The van der Waals surface area contributed by atoms with Gasteiger partial charge in [0, 0.05) is 18.2 Å². The van der Waals surface area contributed by atoms with E-state index in [0.717, 1.165) is 17.8 Å². The Morgan fingerprint density at radius 1 is 1.24 bits per heavy atom. The summed E-state index contributed by atoms with van der Waals surface area (Å²) in [6, 6.07) is 8.18. The zero-order chi connectivity index (χ0) is 12.5. The van der Waals surface area contributed by atoms with Gasteiger partial charge in [-0.05, 0) is 36.3 Å². The molecule has 0 unspecified atom stereocenters. The van der Waals surface area contributed by atoms with E-state index < -0.39 is 0 Å². The van der Waals surface area contributed by atoms with Crippen molar-refractivity contribution in [2.75, 3.05) is 0 Å². The van der Waals surface area contributed by atoms with Gasteiger partial charge in [0.2, 0.25) is 0 Å². The van der Waals surface area contributed by atoms with Gasteiger partial charge in [-0.15, -0.1) is 5.10 Å². The number of hydrogen-bond donors (Lipinski definition) is 1. The van der Waals surface area contributed by atoms with Crippen molar-refractivity contribution >= 4 is 0 Å². The smallest absolute Gasteiger partial charge is 0.181 e. The second-order valence-electron chi connectivity index (χ2n) is 4.99. The lowest BCUT2D eigenvalue weighted by atomic mass is 9.95. The SMILES string of the molecule is Cn1nnnc1-c1ccc(CC(C)(C)N)cc1. The average molecular weight is 231 g/mol. The van der Waals surface area contributed by atoms with E-state index in [1.807, 2.05) is 33.0 Å². The number of hydrogen-bond acceptors (Lipinski definition) is 4. The fourth-order valence-electron chi connectivity index (χ4n) is 1.77. The molecule has 0 saturated heterocycles. The minimum Gasteiger partial charge on any atom is -0.325 e. The molecule has 0 aliphatic carbocycles. The molecule has 0 spiro atoms. The van der Waals surface area contributed by atoms with Crippen LogP contribution in [-0.4, -0.2) is 25.7 Å². The van der Waals surface area contributed by atoms with Crippen LogP contribution < -0.4 is 5.73 Å². The third-order valence-corrected chi connectivity index (χ3v) is 2.49. The Labute approximate surface area is 101 Å². The van der Waals surface area contributed by atoms with Crippen molar-refractivity contribution < 1.29 is 0 Å². The van der Waals surface area contributed by atoms with Crippen molar-refractivity contribution in [2.24, 2.45) is 12.8 Å². The Morgan fingerprint density at radius 3 is 2.35 bits per heavy atom. The van der Waals surface area contributed by atoms with E-state index in [1.165, 1.54) is 5.56 Å². The second-order valence-corrected chi connectivity index (χ2v) is 4.99. The van der Waals surface area contributed by atoms with Crippen LogP contribution in [0.2, 0.25) is 0 Å². The molecule has 2 aromatic rings. The quantitative estimate of drug-likeness (QED) is 0.860. The summed E-state index contributed by atoms with van der Waals surface area (Å²) in [6.07, 6.45) is 0.852. The summed E-state index contributed by atoms with van der Waals surface area (Å²) in [5.41, 5.74) is 8.03. The van der Waals surface area contributed by atoms with Crippen molar-refractivity contribution in [2.45, 2.75) is 25.8 Å². The Bertz CT molecular complexity index is 492. The van der Waals surface area contributed by atoms with E-state index in [4.69, 9.17) is 5.73 Å². The monoisotopic (exact) mass is 231 g/mol. The van der Waals surface area contributed by atoms with Crippen molar-refractivity contribution in [3.63, 3.8) is 0 Å². The van der Waals surface area contributed by atoms with Gasteiger partial charge in [0.05, 0.1) is 0 Å². The van der Waals surface area contributed by atoms with E-state index in [9.17, 15) is 0 Å². The maximum atomic E-state index is 5.99. The summed E-state index contributed by atoms with van der Waals surface area (Å²) in [7, 11) is 1.83. The molecule has 1 heterocycles. The van der Waals surface area contributed by atoms with Crippen LogP contribution in [0, 0.1) is 0 Å². The molecule has 0 fully saturated rings. The summed E-state index contributed by atoms with van der Waals surface area (Å²) in [5.74, 6) is 0.767. The lowest BCUT2D eigenvalue weighted by Crippen LogP contribution is -2.34. The van der Waals surface area contributed by atoms with Gasteiger partial charge in [-0.1, -0.05) is 24.3 Å². The molecule has 5 heteroatoms. The van der Waals surface area contributed by atoms with Crippen LogP contribution in [0.3, 0.4) is 0 Å². The molecule has 17 heavy (non-hydrogen) atoms. The molecule has 0 amide bonds. The van der Waals surface area contributed by atoms with Crippen LogP contribution in [0.4, 0.5) is 0 Å². The van der Waals surface area contributed by atoms with Gasteiger partial charge in [0.15, 0.2) is 5.82 Å². The summed E-state index contributed by atoms with van der Waals surface area (Å²) in [6.45, 7) is 4.04. The lowest BCUT2D eigenvalue weighted by molar-refractivity contribution is 0.517. The molecule has 0 atom stereocenters. The molecule has 5 nitrogen and oxygen atoms in total. The van der Waals surface area contributed by atoms with Gasteiger partial charge in [-0.25, -0.2) is 4.68 Å².